The molecule has 4 rings (SSSR count). The Kier molecular flexibility index (Phi) is 10.9. The van der Waals surface area contributed by atoms with E-state index in [0.29, 0.717) is 25.8 Å². The van der Waals surface area contributed by atoms with Crippen LogP contribution in [0.3, 0.4) is 0 Å². The third-order valence-corrected chi connectivity index (χ3v) is 11.2. The minimum Gasteiger partial charge on any atom is -0.346 e. The zero-order valence-corrected chi connectivity index (χ0v) is 29.6. The molecule has 3 aliphatic carbocycles. The maximum atomic E-state index is 14.4. The fourth-order valence-electron chi connectivity index (χ4n) is 7.47. The number of piperidine rings is 1. The highest BCUT2D eigenvalue weighted by Gasteiger charge is 2.70. The molecular weight excluding hydrogens is 624 g/mol. The summed E-state index contributed by atoms with van der Waals surface area (Å²) in [6.07, 6.45) is 8.58. The number of hydrogen-bond acceptors (Lipinski definition) is 7. The van der Waals surface area contributed by atoms with Crippen molar-refractivity contribution in [2.45, 2.75) is 110 Å². The molecule has 13 nitrogen and oxygen atoms in total. The van der Waals surface area contributed by atoms with Crippen LogP contribution in [0.2, 0.25) is 0 Å². The van der Waals surface area contributed by atoms with Crippen LogP contribution in [0.15, 0.2) is 12.7 Å². The van der Waals surface area contributed by atoms with Gasteiger partial charge in [0, 0.05) is 19.6 Å². The second kappa shape index (κ2) is 13.9. The summed E-state index contributed by atoms with van der Waals surface area (Å²) in [4.78, 5) is 69.1. The molecule has 4 aliphatic rings. The lowest BCUT2D eigenvalue weighted by Gasteiger charge is -2.40. The van der Waals surface area contributed by atoms with Gasteiger partial charge in [-0.25, -0.2) is 17.9 Å². The summed E-state index contributed by atoms with van der Waals surface area (Å²) in [6.45, 7) is 13.7. The van der Waals surface area contributed by atoms with E-state index in [1.54, 1.807) is 0 Å². The van der Waals surface area contributed by atoms with Crippen molar-refractivity contribution in [2.75, 3.05) is 25.9 Å². The molecule has 1 saturated heterocycles. The van der Waals surface area contributed by atoms with Crippen molar-refractivity contribution in [1.82, 2.24) is 30.9 Å². The second-order valence-electron chi connectivity index (χ2n) is 15.8. The molecule has 264 valence electrons. The van der Waals surface area contributed by atoms with Crippen molar-refractivity contribution in [1.29, 1.82) is 0 Å². The van der Waals surface area contributed by atoms with E-state index in [4.69, 9.17) is 0 Å². The minimum absolute atomic E-state index is 0.0482. The summed E-state index contributed by atoms with van der Waals surface area (Å²) in [7, 11) is -3.49. The Morgan fingerprint density at radius 3 is 2.21 bits per heavy atom. The van der Waals surface area contributed by atoms with Gasteiger partial charge in [-0.05, 0) is 47.8 Å². The van der Waals surface area contributed by atoms with Crippen LogP contribution < -0.4 is 26.0 Å². The molecule has 1 aliphatic heterocycles. The first-order chi connectivity index (χ1) is 21.8. The van der Waals surface area contributed by atoms with E-state index in [1.165, 1.54) is 11.0 Å². The average molecular weight is 679 g/mol. The van der Waals surface area contributed by atoms with E-state index in [9.17, 15) is 32.4 Å². The molecular formula is C33H54N6O7S. The standard InChI is InChI=1S/C33H54N6O7S/c1-8-16-34-28(42)25(40)22(17-20-12-13-20)36-27(41)24-23-21(32(23,5)6)18-39(24)29(43)26(31(2,3)4)37-30(44)38-33(14-10-9-11-15-33)19-35-47(7,45)46/h8,20-24,26,35H,1,9-19H2,2-7H3,(H,34,42)(H,36,41)(H2,37,38,44)/t21-,22?,23-,24-,26+/m0/s1. The molecule has 0 spiro atoms. The van der Waals surface area contributed by atoms with Crippen molar-refractivity contribution >= 4 is 39.6 Å². The number of carbonyl (C=O) groups excluding carboxylic acids is 5. The predicted octanol–water partition coefficient (Wildman–Crippen LogP) is 1.59. The van der Waals surface area contributed by atoms with Crippen LogP contribution >= 0.6 is 0 Å². The fraction of sp³-hybridized carbons (Fsp3) is 0.788. The molecule has 0 aromatic heterocycles. The van der Waals surface area contributed by atoms with E-state index >= 15 is 0 Å². The molecule has 1 unspecified atom stereocenters. The number of nitrogens with one attached hydrogen (secondary N) is 5. The molecule has 0 bridgehead atoms. The molecule has 4 fully saturated rings. The largest absolute Gasteiger partial charge is 0.346 e. The number of urea groups is 1. The summed E-state index contributed by atoms with van der Waals surface area (Å²) >= 11 is 0. The number of hydrogen-bond donors (Lipinski definition) is 5. The maximum Gasteiger partial charge on any atom is 0.315 e. The van der Waals surface area contributed by atoms with Crippen LogP contribution in [0.1, 0.15) is 86.0 Å². The van der Waals surface area contributed by atoms with Gasteiger partial charge in [-0.15, -0.1) is 6.58 Å². The minimum atomic E-state index is -3.49. The zero-order valence-electron chi connectivity index (χ0n) is 28.7. The maximum absolute atomic E-state index is 14.4. The van der Waals surface area contributed by atoms with Gasteiger partial charge in [-0.2, -0.15) is 0 Å². The lowest BCUT2D eigenvalue weighted by atomic mass is 9.81. The van der Waals surface area contributed by atoms with Crippen LogP contribution in [0, 0.1) is 28.6 Å². The van der Waals surface area contributed by atoms with Crippen LogP contribution in [0.25, 0.3) is 0 Å². The number of Topliss-reactive ketones (excluding diaryl/α,β-unsaturated/α-hetero) is 1. The van der Waals surface area contributed by atoms with Crippen molar-refractivity contribution in [3.8, 4) is 0 Å². The Bertz CT molecular complexity index is 1360. The molecule has 0 radical (unpaired) electrons. The van der Waals surface area contributed by atoms with Crippen LogP contribution in [-0.2, 0) is 29.2 Å². The van der Waals surface area contributed by atoms with Gasteiger partial charge < -0.3 is 26.2 Å². The number of nitrogens with zero attached hydrogens (tertiary/aromatic N) is 1. The van der Waals surface area contributed by atoms with Crippen molar-refractivity contribution in [3.05, 3.63) is 12.7 Å². The van der Waals surface area contributed by atoms with Crippen LogP contribution in [-0.4, -0.2) is 92.4 Å². The van der Waals surface area contributed by atoms with Crippen molar-refractivity contribution in [3.63, 3.8) is 0 Å². The summed E-state index contributed by atoms with van der Waals surface area (Å²) in [5.74, 6) is -2.21. The number of carbonyl (C=O) groups is 5. The summed E-state index contributed by atoms with van der Waals surface area (Å²) < 4.78 is 26.3. The molecule has 47 heavy (non-hydrogen) atoms. The predicted molar refractivity (Wildman–Crippen MR) is 177 cm³/mol. The highest BCUT2D eigenvalue weighted by atomic mass is 32.2. The Hall–Kier alpha value is -3.00. The highest BCUT2D eigenvalue weighted by molar-refractivity contribution is 7.88. The van der Waals surface area contributed by atoms with Crippen molar-refractivity contribution in [2.24, 2.45) is 28.6 Å². The van der Waals surface area contributed by atoms with Gasteiger partial charge in [-0.3, -0.25) is 19.2 Å². The summed E-state index contributed by atoms with van der Waals surface area (Å²) in [6, 6.07) is -3.46. The SMILES string of the molecule is C=CCNC(=O)C(=O)C(CC1CC1)NC(=O)[C@@H]1[C@@H]2[C@H](CN1C(=O)[C@@H](NC(=O)NC1(CNS(C)(=O)=O)CCCCC1)C(C)(C)C)C2(C)C. The Morgan fingerprint density at radius 1 is 1.02 bits per heavy atom. The van der Waals surface area contributed by atoms with E-state index in [2.05, 4.69) is 46.4 Å². The van der Waals surface area contributed by atoms with Gasteiger partial charge in [0.1, 0.15) is 12.1 Å². The number of ketones is 1. The average Bonchev–Trinajstić information content (AvgIpc) is 3.83. The quantitative estimate of drug-likeness (QED) is 0.137. The molecule has 5 N–H and O–H groups in total. The monoisotopic (exact) mass is 678 g/mol. The van der Waals surface area contributed by atoms with E-state index in [0.717, 1.165) is 38.4 Å². The number of sulfonamides is 1. The first-order valence-electron chi connectivity index (χ1n) is 16.9. The molecule has 5 atom stereocenters. The van der Waals surface area contributed by atoms with Crippen LogP contribution in [0.4, 0.5) is 4.79 Å². The summed E-state index contributed by atoms with van der Waals surface area (Å²) in [5.41, 5.74) is -1.73. The second-order valence-corrected chi connectivity index (χ2v) is 17.7. The molecule has 5 amide bonds. The Morgan fingerprint density at radius 2 is 1.66 bits per heavy atom. The van der Waals surface area contributed by atoms with Crippen molar-refractivity contribution < 1.29 is 32.4 Å². The molecule has 14 heteroatoms. The third kappa shape index (κ3) is 8.92. The van der Waals surface area contributed by atoms with Gasteiger partial charge >= 0.3 is 6.03 Å². The van der Waals surface area contributed by atoms with Gasteiger partial charge in [-0.1, -0.05) is 72.8 Å². The lowest BCUT2D eigenvalue weighted by Crippen LogP contribution is -2.64. The first kappa shape index (κ1) is 36.8. The van der Waals surface area contributed by atoms with Gasteiger partial charge in [0.05, 0.1) is 17.8 Å². The first-order valence-corrected chi connectivity index (χ1v) is 18.8. The Labute approximate surface area is 279 Å². The lowest BCUT2D eigenvalue weighted by molar-refractivity contribution is -0.145. The molecule has 3 saturated carbocycles. The van der Waals surface area contributed by atoms with Gasteiger partial charge in [0.2, 0.25) is 27.6 Å². The van der Waals surface area contributed by atoms with Gasteiger partial charge in [0.25, 0.3) is 5.91 Å². The Balaban J connectivity index is 1.52. The zero-order chi connectivity index (χ0) is 34.9. The van der Waals surface area contributed by atoms with E-state index < -0.39 is 68.6 Å². The number of rotatable bonds is 14. The topological polar surface area (TPSA) is 183 Å². The number of fused-ring (bicyclic) bond motifs is 1. The summed E-state index contributed by atoms with van der Waals surface area (Å²) in [5, 5.41) is 11.2. The van der Waals surface area contributed by atoms with Crippen LogP contribution in [0.5, 0.6) is 0 Å². The van der Waals surface area contributed by atoms with E-state index in [1.807, 2.05) is 20.8 Å². The highest BCUT2D eigenvalue weighted by Crippen LogP contribution is 2.65. The molecule has 0 aromatic rings. The number of amides is 5. The third-order valence-electron chi connectivity index (χ3n) is 10.5. The smallest absolute Gasteiger partial charge is 0.315 e. The molecule has 1 heterocycles. The number of likely N-dealkylation sites (tertiary alicyclic amines) is 1. The fourth-order valence-corrected chi connectivity index (χ4v) is 8.00. The normalized spacial score (nSPS) is 25.8. The van der Waals surface area contributed by atoms with E-state index in [-0.39, 0.29) is 36.3 Å². The van der Waals surface area contributed by atoms with Gasteiger partial charge in [0.15, 0.2) is 0 Å². The molecule has 0 aromatic carbocycles.